The van der Waals surface area contributed by atoms with Crippen molar-refractivity contribution in [2.45, 2.75) is 20.4 Å². The lowest BCUT2D eigenvalue weighted by Gasteiger charge is -2.36. The summed E-state index contributed by atoms with van der Waals surface area (Å²) in [4.78, 5) is 20.9. The molecule has 9 heteroatoms. The minimum atomic E-state index is -0.0495. The monoisotopic (exact) mass is 454 g/mol. The maximum Gasteiger partial charge on any atom is 0.317 e. The number of hydrogen-bond donors (Lipinski definition) is 1. The van der Waals surface area contributed by atoms with E-state index in [1.54, 1.807) is 11.0 Å². The fraction of sp³-hybridized carbons (Fsp3) is 0.348. The molecule has 168 valence electrons. The van der Waals surface area contributed by atoms with Gasteiger partial charge in [-0.05, 0) is 43.7 Å². The minimum Gasteiger partial charge on any atom is -0.492 e. The molecule has 2 aromatic carbocycles. The number of amides is 2. The molecule has 1 aliphatic heterocycles. The number of ether oxygens (including phenoxy) is 1. The lowest BCUT2D eigenvalue weighted by atomic mass is 10.2. The maximum atomic E-state index is 12.6. The molecule has 0 radical (unpaired) electrons. The van der Waals surface area contributed by atoms with Crippen LogP contribution in [0.1, 0.15) is 18.3 Å². The normalized spacial score (nSPS) is 13.8. The first-order chi connectivity index (χ1) is 15.5. The zero-order valence-corrected chi connectivity index (χ0v) is 19.0. The highest BCUT2D eigenvalue weighted by Gasteiger charge is 2.22. The number of anilines is 1. The van der Waals surface area contributed by atoms with Crippen LogP contribution >= 0.6 is 11.6 Å². The Hall–Kier alpha value is -3.26. The third kappa shape index (κ3) is 5.13. The Labute approximate surface area is 192 Å². The summed E-state index contributed by atoms with van der Waals surface area (Å²) in [6.07, 6.45) is 1.69. The second-order valence-corrected chi connectivity index (χ2v) is 8.02. The fourth-order valence-electron chi connectivity index (χ4n) is 3.68. The van der Waals surface area contributed by atoms with Gasteiger partial charge >= 0.3 is 6.03 Å². The van der Waals surface area contributed by atoms with Crippen LogP contribution in [0.4, 0.5) is 10.5 Å². The number of benzene rings is 2. The van der Waals surface area contributed by atoms with Crippen LogP contribution in [0.5, 0.6) is 5.75 Å². The van der Waals surface area contributed by atoms with Crippen LogP contribution in [0, 0.1) is 6.92 Å². The third-order valence-corrected chi connectivity index (χ3v) is 5.64. The molecule has 0 spiro atoms. The molecule has 1 fully saturated rings. The Morgan fingerprint density at radius 3 is 2.53 bits per heavy atom. The van der Waals surface area contributed by atoms with E-state index in [2.05, 4.69) is 26.4 Å². The van der Waals surface area contributed by atoms with Crippen molar-refractivity contribution in [3.63, 3.8) is 0 Å². The van der Waals surface area contributed by atoms with Crippen molar-refractivity contribution in [2.75, 3.05) is 37.7 Å². The average Bonchev–Trinajstić information content (AvgIpc) is 3.25. The molecule has 1 aliphatic rings. The highest BCUT2D eigenvalue weighted by atomic mass is 35.5. The molecule has 4 rings (SSSR count). The van der Waals surface area contributed by atoms with Gasteiger partial charge in [0.05, 0.1) is 6.61 Å². The SMILES string of the molecule is CCOc1cc(N2CCN(C(=O)NCc3ccc(Cl)cc3)CC2)ccc1-n1cnc(C)n1. The molecule has 1 saturated heterocycles. The van der Waals surface area contributed by atoms with Crippen molar-refractivity contribution in [1.29, 1.82) is 0 Å². The Morgan fingerprint density at radius 2 is 1.88 bits per heavy atom. The van der Waals surface area contributed by atoms with Crippen molar-refractivity contribution in [2.24, 2.45) is 0 Å². The predicted octanol–water partition coefficient (Wildman–Crippen LogP) is 3.66. The fourth-order valence-corrected chi connectivity index (χ4v) is 3.81. The molecule has 0 aliphatic carbocycles. The number of aryl methyl sites for hydroxylation is 1. The van der Waals surface area contributed by atoms with E-state index in [0.29, 0.717) is 37.1 Å². The topological polar surface area (TPSA) is 75.5 Å². The van der Waals surface area contributed by atoms with Gasteiger partial charge in [-0.3, -0.25) is 0 Å². The molecule has 0 bridgehead atoms. The van der Waals surface area contributed by atoms with Gasteiger partial charge in [0.1, 0.15) is 23.6 Å². The smallest absolute Gasteiger partial charge is 0.317 e. The third-order valence-electron chi connectivity index (χ3n) is 5.39. The molecule has 0 atom stereocenters. The molecule has 2 heterocycles. The lowest BCUT2D eigenvalue weighted by Crippen LogP contribution is -2.51. The highest BCUT2D eigenvalue weighted by Crippen LogP contribution is 2.29. The van der Waals surface area contributed by atoms with Gasteiger partial charge in [-0.25, -0.2) is 14.5 Å². The average molecular weight is 455 g/mol. The van der Waals surface area contributed by atoms with Gasteiger partial charge in [-0.15, -0.1) is 0 Å². The van der Waals surface area contributed by atoms with Gasteiger partial charge in [0.25, 0.3) is 0 Å². The summed E-state index contributed by atoms with van der Waals surface area (Å²) in [6, 6.07) is 13.5. The summed E-state index contributed by atoms with van der Waals surface area (Å²) >= 11 is 5.91. The standard InChI is InChI=1S/C23H27ClN6O2/c1-3-32-22-14-20(8-9-21(22)30-16-26-17(2)27-30)28-10-12-29(13-11-28)23(31)25-15-18-4-6-19(24)7-5-18/h4-9,14,16H,3,10-13,15H2,1-2H3,(H,25,31). The second kappa shape index (κ2) is 9.91. The van der Waals surface area contributed by atoms with E-state index in [-0.39, 0.29) is 6.03 Å². The van der Waals surface area contributed by atoms with Crippen molar-refractivity contribution in [3.8, 4) is 11.4 Å². The largest absolute Gasteiger partial charge is 0.492 e. The van der Waals surface area contributed by atoms with Gasteiger partial charge in [0.2, 0.25) is 0 Å². The number of urea groups is 1. The summed E-state index contributed by atoms with van der Waals surface area (Å²) in [5.41, 5.74) is 2.94. The molecule has 8 nitrogen and oxygen atoms in total. The first-order valence-electron chi connectivity index (χ1n) is 10.7. The zero-order chi connectivity index (χ0) is 22.5. The summed E-state index contributed by atoms with van der Waals surface area (Å²) in [5.74, 6) is 1.47. The van der Waals surface area contributed by atoms with Crippen molar-refractivity contribution in [3.05, 3.63) is 65.2 Å². The number of nitrogens with zero attached hydrogens (tertiary/aromatic N) is 5. The molecule has 0 saturated carbocycles. The Balaban J connectivity index is 1.36. The summed E-state index contributed by atoms with van der Waals surface area (Å²) in [5, 5.41) is 8.07. The zero-order valence-electron chi connectivity index (χ0n) is 18.3. The van der Waals surface area contributed by atoms with Crippen molar-refractivity contribution in [1.82, 2.24) is 25.0 Å². The van der Waals surface area contributed by atoms with Crippen LogP contribution in [-0.4, -0.2) is 58.5 Å². The van der Waals surface area contributed by atoms with Crippen LogP contribution in [0.3, 0.4) is 0 Å². The van der Waals surface area contributed by atoms with Crippen LogP contribution in [0.2, 0.25) is 5.02 Å². The summed E-state index contributed by atoms with van der Waals surface area (Å²) in [6.45, 7) is 7.67. The Morgan fingerprint density at radius 1 is 1.12 bits per heavy atom. The first kappa shape index (κ1) is 22.0. The van der Waals surface area contributed by atoms with E-state index in [4.69, 9.17) is 16.3 Å². The van der Waals surface area contributed by atoms with Crippen molar-refractivity contribution >= 4 is 23.3 Å². The van der Waals surface area contributed by atoms with E-state index in [1.807, 2.05) is 55.1 Å². The Bertz CT molecular complexity index is 1060. The predicted molar refractivity (Wildman–Crippen MR) is 125 cm³/mol. The number of carbonyl (C=O) groups is 1. The molecular formula is C23H27ClN6O2. The van der Waals surface area contributed by atoms with Gasteiger partial charge < -0.3 is 19.9 Å². The molecule has 3 aromatic rings. The minimum absolute atomic E-state index is 0.0495. The lowest BCUT2D eigenvalue weighted by molar-refractivity contribution is 0.194. The molecular weight excluding hydrogens is 428 g/mol. The van der Waals surface area contributed by atoms with E-state index < -0.39 is 0 Å². The number of hydrogen-bond acceptors (Lipinski definition) is 5. The summed E-state index contributed by atoms with van der Waals surface area (Å²) in [7, 11) is 0. The molecule has 0 unspecified atom stereocenters. The van der Waals surface area contributed by atoms with Crippen LogP contribution in [-0.2, 0) is 6.54 Å². The second-order valence-electron chi connectivity index (χ2n) is 7.58. The molecule has 1 N–H and O–H groups in total. The number of nitrogens with one attached hydrogen (secondary N) is 1. The molecule has 2 amide bonds. The number of carbonyl (C=O) groups excluding carboxylic acids is 1. The molecule has 1 aromatic heterocycles. The van der Waals surface area contributed by atoms with E-state index >= 15 is 0 Å². The van der Waals surface area contributed by atoms with E-state index in [9.17, 15) is 4.79 Å². The summed E-state index contributed by atoms with van der Waals surface area (Å²) < 4.78 is 7.60. The van der Waals surface area contributed by atoms with Gasteiger partial charge in [0.15, 0.2) is 0 Å². The van der Waals surface area contributed by atoms with E-state index in [1.165, 1.54) is 0 Å². The number of piperazine rings is 1. The Kier molecular flexibility index (Phi) is 6.80. The highest BCUT2D eigenvalue weighted by molar-refractivity contribution is 6.30. The quantitative estimate of drug-likeness (QED) is 0.615. The van der Waals surface area contributed by atoms with Gasteiger partial charge in [-0.1, -0.05) is 23.7 Å². The molecule has 32 heavy (non-hydrogen) atoms. The number of rotatable bonds is 6. The van der Waals surface area contributed by atoms with Gasteiger partial charge in [-0.2, -0.15) is 5.10 Å². The number of halogens is 1. The van der Waals surface area contributed by atoms with Crippen LogP contribution < -0.4 is 15.0 Å². The van der Waals surface area contributed by atoms with Crippen LogP contribution in [0.25, 0.3) is 5.69 Å². The maximum absolute atomic E-state index is 12.6. The van der Waals surface area contributed by atoms with Gasteiger partial charge in [0, 0.05) is 49.5 Å². The van der Waals surface area contributed by atoms with E-state index in [0.717, 1.165) is 35.8 Å². The number of aromatic nitrogens is 3. The van der Waals surface area contributed by atoms with Crippen LogP contribution in [0.15, 0.2) is 48.8 Å². The first-order valence-corrected chi connectivity index (χ1v) is 11.1. The van der Waals surface area contributed by atoms with Crippen molar-refractivity contribution < 1.29 is 9.53 Å².